The third-order valence-electron chi connectivity index (χ3n) is 4.15. The summed E-state index contributed by atoms with van der Waals surface area (Å²) in [6, 6.07) is 6.70. The third-order valence-corrected chi connectivity index (χ3v) is 4.15. The minimum Gasteiger partial charge on any atom is -0.368 e. The number of alkyl halides is 3. The Morgan fingerprint density at radius 1 is 1.09 bits per heavy atom. The number of fused-ring (bicyclic) bond motifs is 1. The van der Waals surface area contributed by atoms with Crippen LogP contribution in [0.15, 0.2) is 24.3 Å². The zero-order chi connectivity index (χ0) is 15.9. The summed E-state index contributed by atoms with van der Waals surface area (Å²) >= 11 is 0. The number of pyridine rings is 1. The van der Waals surface area contributed by atoms with Gasteiger partial charge in [0.1, 0.15) is 5.69 Å². The van der Waals surface area contributed by atoms with Crippen LogP contribution in [0.2, 0.25) is 0 Å². The molecule has 6 heteroatoms. The first-order chi connectivity index (χ1) is 10.4. The SMILES string of the molecule is Cc1cccc2c(N3CCN(C)CC3)cc(C(F)(F)F)nc12. The van der Waals surface area contributed by atoms with Gasteiger partial charge >= 0.3 is 6.18 Å². The molecule has 2 heterocycles. The van der Waals surface area contributed by atoms with Gasteiger partial charge in [-0.05, 0) is 25.6 Å². The number of anilines is 1. The molecule has 1 aliphatic heterocycles. The Morgan fingerprint density at radius 2 is 1.77 bits per heavy atom. The van der Waals surface area contributed by atoms with Crippen LogP contribution in [0.4, 0.5) is 18.9 Å². The summed E-state index contributed by atoms with van der Waals surface area (Å²) in [5, 5.41) is 0.789. The summed E-state index contributed by atoms with van der Waals surface area (Å²) in [6.07, 6.45) is -4.43. The average molecular weight is 309 g/mol. The highest BCUT2D eigenvalue weighted by molar-refractivity contribution is 5.94. The van der Waals surface area contributed by atoms with E-state index in [1.165, 1.54) is 6.07 Å². The lowest BCUT2D eigenvalue weighted by molar-refractivity contribution is -0.140. The van der Waals surface area contributed by atoms with Crippen molar-refractivity contribution in [1.29, 1.82) is 0 Å². The van der Waals surface area contributed by atoms with Crippen molar-refractivity contribution in [3.05, 3.63) is 35.5 Å². The molecular formula is C16H18F3N3. The van der Waals surface area contributed by atoms with Crippen LogP contribution in [-0.2, 0) is 6.18 Å². The van der Waals surface area contributed by atoms with Gasteiger partial charge in [-0.2, -0.15) is 13.2 Å². The van der Waals surface area contributed by atoms with Crippen LogP contribution < -0.4 is 4.90 Å². The summed E-state index contributed by atoms with van der Waals surface area (Å²) in [5.74, 6) is 0. The number of hydrogen-bond donors (Lipinski definition) is 0. The quantitative estimate of drug-likeness (QED) is 0.805. The molecule has 0 spiro atoms. The second-order valence-corrected chi connectivity index (χ2v) is 5.79. The largest absolute Gasteiger partial charge is 0.433 e. The number of rotatable bonds is 1. The van der Waals surface area contributed by atoms with Crippen molar-refractivity contribution in [3.63, 3.8) is 0 Å². The molecule has 1 saturated heterocycles. The number of aryl methyl sites for hydroxylation is 1. The van der Waals surface area contributed by atoms with E-state index < -0.39 is 11.9 Å². The standard InChI is InChI=1S/C16H18F3N3/c1-11-4-3-5-12-13(22-8-6-21(2)7-9-22)10-14(16(17,18)19)20-15(11)12/h3-5,10H,6-9H2,1-2H3. The van der Waals surface area contributed by atoms with Gasteiger partial charge in [0.15, 0.2) is 0 Å². The Kier molecular flexibility index (Phi) is 3.72. The van der Waals surface area contributed by atoms with Crippen LogP contribution in [-0.4, -0.2) is 43.1 Å². The maximum Gasteiger partial charge on any atom is 0.433 e. The van der Waals surface area contributed by atoms with Crippen molar-refractivity contribution < 1.29 is 13.2 Å². The number of likely N-dealkylation sites (N-methyl/N-ethyl adjacent to an activating group) is 1. The molecule has 1 aliphatic rings. The second-order valence-electron chi connectivity index (χ2n) is 5.79. The Bertz CT molecular complexity index is 689. The van der Waals surface area contributed by atoms with E-state index in [9.17, 15) is 13.2 Å². The summed E-state index contributed by atoms with van der Waals surface area (Å²) in [5.41, 5.74) is 1.02. The number of halogens is 3. The summed E-state index contributed by atoms with van der Waals surface area (Å²) < 4.78 is 39.5. The highest BCUT2D eigenvalue weighted by atomic mass is 19.4. The Balaban J connectivity index is 2.16. The van der Waals surface area contributed by atoms with Gasteiger partial charge in [0.2, 0.25) is 0 Å². The predicted molar refractivity (Wildman–Crippen MR) is 81.2 cm³/mol. The lowest BCUT2D eigenvalue weighted by Gasteiger charge is -2.35. The zero-order valence-corrected chi connectivity index (χ0v) is 12.6. The van der Waals surface area contributed by atoms with Gasteiger partial charge in [-0.1, -0.05) is 18.2 Å². The lowest BCUT2D eigenvalue weighted by Crippen LogP contribution is -2.44. The Morgan fingerprint density at radius 3 is 2.41 bits per heavy atom. The molecular weight excluding hydrogens is 291 g/mol. The smallest absolute Gasteiger partial charge is 0.368 e. The van der Waals surface area contributed by atoms with E-state index >= 15 is 0 Å². The first-order valence-electron chi connectivity index (χ1n) is 7.27. The van der Waals surface area contributed by atoms with E-state index in [0.29, 0.717) is 11.2 Å². The van der Waals surface area contributed by atoms with Crippen LogP contribution in [0.3, 0.4) is 0 Å². The molecule has 3 nitrogen and oxygen atoms in total. The second kappa shape index (κ2) is 5.43. The molecule has 22 heavy (non-hydrogen) atoms. The number of benzene rings is 1. The normalized spacial score (nSPS) is 17.2. The molecule has 0 atom stereocenters. The molecule has 1 aromatic heterocycles. The maximum atomic E-state index is 13.2. The molecule has 0 unspecified atom stereocenters. The lowest BCUT2D eigenvalue weighted by atomic mass is 10.1. The van der Waals surface area contributed by atoms with Gasteiger partial charge < -0.3 is 9.80 Å². The van der Waals surface area contributed by atoms with E-state index in [4.69, 9.17) is 0 Å². The molecule has 0 bridgehead atoms. The van der Waals surface area contributed by atoms with Gasteiger partial charge in [-0.15, -0.1) is 0 Å². The fourth-order valence-electron chi connectivity index (χ4n) is 2.83. The first-order valence-corrected chi connectivity index (χ1v) is 7.27. The summed E-state index contributed by atoms with van der Waals surface area (Å²) in [6.45, 7) is 4.93. The van der Waals surface area contributed by atoms with E-state index in [2.05, 4.69) is 9.88 Å². The van der Waals surface area contributed by atoms with E-state index in [1.807, 2.05) is 24.1 Å². The molecule has 0 N–H and O–H groups in total. The van der Waals surface area contributed by atoms with E-state index in [1.54, 1.807) is 13.0 Å². The number of nitrogens with zero attached hydrogens (tertiary/aromatic N) is 3. The van der Waals surface area contributed by atoms with E-state index in [0.717, 1.165) is 37.1 Å². The fraction of sp³-hybridized carbons (Fsp3) is 0.438. The average Bonchev–Trinajstić information content (AvgIpc) is 2.47. The van der Waals surface area contributed by atoms with Gasteiger partial charge in [-0.3, -0.25) is 0 Å². The summed E-state index contributed by atoms with van der Waals surface area (Å²) in [7, 11) is 2.02. The van der Waals surface area contributed by atoms with Crippen molar-refractivity contribution in [3.8, 4) is 0 Å². The highest BCUT2D eigenvalue weighted by Gasteiger charge is 2.34. The van der Waals surface area contributed by atoms with Crippen molar-refractivity contribution in [1.82, 2.24) is 9.88 Å². The highest BCUT2D eigenvalue weighted by Crippen LogP contribution is 2.35. The molecule has 118 valence electrons. The first kappa shape index (κ1) is 15.1. The molecule has 1 fully saturated rings. The number of piperazine rings is 1. The minimum atomic E-state index is -4.43. The molecule has 0 saturated carbocycles. The molecule has 0 aliphatic carbocycles. The monoisotopic (exact) mass is 309 g/mol. The van der Waals surface area contributed by atoms with Crippen LogP contribution in [0.25, 0.3) is 10.9 Å². The molecule has 3 rings (SSSR count). The van der Waals surface area contributed by atoms with Crippen LogP contribution >= 0.6 is 0 Å². The Labute approximate surface area is 127 Å². The topological polar surface area (TPSA) is 19.4 Å². The number of aromatic nitrogens is 1. The Hall–Kier alpha value is -1.82. The van der Waals surface area contributed by atoms with Gasteiger partial charge in [0.25, 0.3) is 0 Å². The number of para-hydroxylation sites is 1. The van der Waals surface area contributed by atoms with Gasteiger partial charge in [0.05, 0.1) is 5.52 Å². The van der Waals surface area contributed by atoms with Crippen LogP contribution in [0.5, 0.6) is 0 Å². The van der Waals surface area contributed by atoms with Gasteiger partial charge in [0, 0.05) is 37.3 Å². The number of hydrogen-bond acceptors (Lipinski definition) is 3. The van der Waals surface area contributed by atoms with Gasteiger partial charge in [-0.25, -0.2) is 4.98 Å². The van der Waals surface area contributed by atoms with Crippen molar-refractivity contribution in [2.24, 2.45) is 0 Å². The minimum absolute atomic E-state index is 0.436. The maximum absolute atomic E-state index is 13.2. The van der Waals surface area contributed by atoms with E-state index in [-0.39, 0.29) is 0 Å². The van der Waals surface area contributed by atoms with Crippen molar-refractivity contribution >= 4 is 16.6 Å². The summed E-state index contributed by atoms with van der Waals surface area (Å²) in [4.78, 5) is 8.06. The fourth-order valence-corrected chi connectivity index (χ4v) is 2.83. The molecule has 2 aromatic rings. The molecule has 1 aromatic carbocycles. The van der Waals surface area contributed by atoms with Crippen LogP contribution in [0.1, 0.15) is 11.3 Å². The zero-order valence-electron chi connectivity index (χ0n) is 12.6. The van der Waals surface area contributed by atoms with Crippen molar-refractivity contribution in [2.75, 3.05) is 38.1 Å². The van der Waals surface area contributed by atoms with Crippen molar-refractivity contribution in [2.45, 2.75) is 13.1 Å². The van der Waals surface area contributed by atoms with Crippen LogP contribution in [0, 0.1) is 6.92 Å². The molecule has 0 amide bonds. The molecule has 0 radical (unpaired) electrons. The third kappa shape index (κ3) is 2.75. The predicted octanol–water partition coefficient (Wildman–Crippen LogP) is 3.31.